The van der Waals surface area contributed by atoms with Crippen molar-refractivity contribution in [1.29, 1.82) is 0 Å². The fourth-order valence-corrected chi connectivity index (χ4v) is 4.06. The van der Waals surface area contributed by atoms with E-state index in [1.54, 1.807) is 0 Å². The number of methoxy groups -OCH3 is 2. The van der Waals surface area contributed by atoms with Crippen LogP contribution >= 0.6 is 11.3 Å². The van der Waals surface area contributed by atoms with E-state index in [-0.39, 0.29) is 37.6 Å². The summed E-state index contributed by atoms with van der Waals surface area (Å²) < 4.78 is 10.4. The van der Waals surface area contributed by atoms with Crippen molar-refractivity contribution in [3.63, 3.8) is 0 Å². The number of nitro groups is 1. The van der Waals surface area contributed by atoms with Gasteiger partial charge in [-0.15, -0.1) is 11.3 Å². The molecule has 12 nitrogen and oxygen atoms in total. The molecule has 32 heavy (non-hydrogen) atoms. The quantitative estimate of drug-likeness (QED) is 0.329. The van der Waals surface area contributed by atoms with Crippen molar-refractivity contribution in [1.82, 2.24) is 9.55 Å². The first kappa shape index (κ1) is 22.6. The number of ether oxygens (including phenoxy) is 2. The van der Waals surface area contributed by atoms with Crippen LogP contribution in [0.1, 0.15) is 25.6 Å². The van der Waals surface area contributed by atoms with Crippen LogP contribution in [0.3, 0.4) is 0 Å². The number of aromatic nitrogens is 2. The molecule has 13 heteroatoms. The second kappa shape index (κ2) is 8.93. The topological polar surface area (TPSA) is 160 Å². The molecule has 2 heterocycles. The van der Waals surface area contributed by atoms with Crippen molar-refractivity contribution < 1.29 is 28.8 Å². The standard InChI is InChI=1S/C19H16N4O8S/c1-9-14(18(26)30-2)16(32-15(9)19(27)31-3)21-13(24)7-22-8-20-12-6-10(23(28)29)4-5-11(12)17(22)25/h4-6,8H,7H2,1-3H3,(H,21,24). The average Bonchev–Trinajstić information content (AvgIpc) is 3.09. The molecule has 0 aliphatic carbocycles. The Morgan fingerprint density at radius 3 is 2.53 bits per heavy atom. The summed E-state index contributed by atoms with van der Waals surface area (Å²) in [5.41, 5.74) is -0.390. The first-order valence-electron chi connectivity index (χ1n) is 8.91. The van der Waals surface area contributed by atoms with E-state index in [1.807, 2.05) is 0 Å². The highest BCUT2D eigenvalue weighted by Crippen LogP contribution is 2.34. The minimum atomic E-state index is -0.754. The van der Waals surface area contributed by atoms with Crippen LogP contribution in [0.4, 0.5) is 10.7 Å². The Morgan fingerprint density at radius 2 is 1.91 bits per heavy atom. The molecule has 0 saturated carbocycles. The predicted molar refractivity (Wildman–Crippen MR) is 113 cm³/mol. The molecule has 0 bridgehead atoms. The molecule has 0 aliphatic rings. The molecule has 1 N–H and O–H groups in total. The summed E-state index contributed by atoms with van der Waals surface area (Å²) >= 11 is 0.838. The van der Waals surface area contributed by atoms with Gasteiger partial charge in [-0.3, -0.25) is 24.3 Å². The number of benzene rings is 1. The largest absolute Gasteiger partial charge is 0.465 e. The molecule has 0 spiro atoms. The lowest BCUT2D eigenvalue weighted by molar-refractivity contribution is -0.384. The van der Waals surface area contributed by atoms with Crippen molar-refractivity contribution in [2.24, 2.45) is 0 Å². The summed E-state index contributed by atoms with van der Waals surface area (Å²) in [4.78, 5) is 63.7. The van der Waals surface area contributed by atoms with Crippen LogP contribution in [0.2, 0.25) is 0 Å². The number of nitro benzene ring substituents is 1. The number of fused-ring (bicyclic) bond motifs is 1. The van der Waals surface area contributed by atoms with E-state index < -0.39 is 34.9 Å². The molecule has 0 saturated heterocycles. The highest BCUT2D eigenvalue weighted by atomic mass is 32.1. The van der Waals surface area contributed by atoms with Gasteiger partial charge >= 0.3 is 11.9 Å². The van der Waals surface area contributed by atoms with Crippen molar-refractivity contribution >= 4 is 50.8 Å². The molecule has 0 unspecified atom stereocenters. The SMILES string of the molecule is COC(=O)c1sc(NC(=O)Cn2cnc3cc([N+](=O)[O-])ccc3c2=O)c(C(=O)OC)c1C. The lowest BCUT2D eigenvalue weighted by atomic mass is 10.1. The summed E-state index contributed by atoms with van der Waals surface area (Å²) in [6.45, 7) is 1.06. The van der Waals surface area contributed by atoms with Crippen LogP contribution in [-0.4, -0.2) is 46.5 Å². The van der Waals surface area contributed by atoms with Gasteiger partial charge in [0.05, 0.1) is 41.9 Å². The minimum absolute atomic E-state index is 0.00235. The zero-order valence-corrected chi connectivity index (χ0v) is 17.8. The molecule has 0 radical (unpaired) electrons. The summed E-state index contributed by atoms with van der Waals surface area (Å²) in [5, 5.41) is 13.6. The Hall–Kier alpha value is -4.13. The summed E-state index contributed by atoms with van der Waals surface area (Å²) in [6.07, 6.45) is 1.09. The number of carbonyl (C=O) groups is 3. The lowest BCUT2D eigenvalue weighted by Crippen LogP contribution is -2.28. The van der Waals surface area contributed by atoms with Gasteiger partial charge < -0.3 is 14.8 Å². The number of non-ortho nitro benzene ring substituents is 1. The van der Waals surface area contributed by atoms with Crippen LogP contribution < -0.4 is 10.9 Å². The number of hydrogen-bond donors (Lipinski definition) is 1. The van der Waals surface area contributed by atoms with Crippen LogP contribution in [0.25, 0.3) is 10.9 Å². The summed E-state index contributed by atoms with van der Waals surface area (Å²) in [5.74, 6) is -2.10. The Kier molecular flexibility index (Phi) is 6.30. The Bertz CT molecular complexity index is 1330. The van der Waals surface area contributed by atoms with E-state index in [9.17, 15) is 29.3 Å². The maximum absolute atomic E-state index is 12.6. The van der Waals surface area contributed by atoms with Gasteiger partial charge in [0, 0.05) is 12.1 Å². The molecule has 3 rings (SSSR count). The number of nitrogens with one attached hydrogen (secondary N) is 1. The summed E-state index contributed by atoms with van der Waals surface area (Å²) in [7, 11) is 2.35. The molecule has 166 valence electrons. The fraction of sp³-hybridized carbons (Fsp3) is 0.211. The highest BCUT2D eigenvalue weighted by molar-refractivity contribution is 7.18. The predicted octanol–water partition coefficient (Wildman–Crippen LogP) is 1.89. The first-order chi connectivity index (χ1) is 15.2. The van der Waals surface area contributed by atoms with E-state index >= 15 is 0 Å². The molecule has 0 atom stereocenters. The van der Waals surface area contributed by atoms with Gasteiger partial charge in [0.25, 0.3) is 11.2 Å². The van der Waals surface area contributed by atoms with Gasteiger partial charge in [0.1, 0.15) is 16.4 Å². The second-order valence-electron chi connectivity index (χ2n) is 6.43. The third-order valence-corrected chi connectivity index (χ3v) is 5.68. The number of thiophene rings is 1. The average molecular weight is 460 g/mol. The first-order valence-corrected chi connectivity index (χ1v) is 9.73. The van der Waals surface area contributed by atoms with Crippen molar-refractivity contribution in [2.75, 3.05) is 19.5 Å². The Balaban J connectivity index is 1.91. The van der Waals surface area contributed by atoms with Gasteiger partial charge in [-0.25, -0.2) is 14.6 Å². The van der Waals surface area contributed by atoms with E-state index in [0.717, 1.165) is 35.4 Å². The van der Waals surface area contributed by atoms with Crippen LogP contribution in [0, 0.1) is 17.0 Å². The number of esters is 2. The molecule has 3 aromatic rings. The van der Waals surface area contributed by atoms with Crippen molar-refractivity contribution in [3.8, 4) is 0 Å². The molecule has 2 aromatic heterocycles. The smallest absolute Gasteiger partial charge is 0.348 e. The van der Waals surface area contributed by atoms with Gasteiger partial charge in [0.2, 0.25) is 5.91 Å². The van der Waals surface area contributed by atoms with Gasteiger partial charge in [0.15, 0.2) is 0 Å². The Labute approximate surface area is 183 Å². The fourth-order valence-electron chi connectivity index (χ4n) is 2.93. The lowest BCUT2D eigenvalue weighted by Gasteiger charge is -2.08. The number of rotatable bonds is 6. The van der Waals surface area contributed by atoms with Gasteiger partial charge in [-0.2, -0.15) is 0 Å². The normalized spacial score (nSPS) is 10.6. The third kappa shape index (κ3) is 4.18. The monoisotopic (exact) mass is 460 g/mol. The van der Waals surface area contributed by atoms with E-state index in [2.05, 4.69) is 10.3 Å². The Morgan fingerprint density at radius 1 is 1.22 bits per heavy atom. The maximum atomic E-state index is 12.6. The number of amides is 1. The second-order valence-corrected chi connectivity index (χ2v) is 7.45. The number of hydrogen-bond acceptors (Lipinski definition) is 10. The molecule has 0 aliphatic heterocycles. The van der Waals surface area contributed by atoms with E-state index in [1.165, 1.54) is 26.2 Å². The maximum Gasteiger partial charge on any atom is 0.348 e. The number of anilines is 1. The molecular weight excluding hydrogens is 444 g/mol. The number of nitrogens with zero attached hydrogens (tertiary/aromatic N) is 3. The third-order valence-electron chi connectivity index (χ3n) is 4.49. The van der Waals surface area contributed by atoms with Gasteiger partial charge in [-0.1, -0.05) is 0 Å². The highest BCUT2D eigenvalue weighted by Gasteiger charge is 2.27. The minimum Gasteiger partial charge on any atom is -0.465 e. The van der Waals surface area contributed by atoms with Crippen LogP contribution in [0.15, 0.2) is 29.3 Å². The van der Waals surface area contributed by atoms with E-state index in [4.69, 9.17) is 9.47 Å². The van der Waals surface area contributed by atoms with Gasteiger partial charge in [-0.05, 0) is 18.6 Å². The van der Waals surface area contributed by atoms with Crippen molar-refractivity contribution in [3.05, 3.63) is 61.0 Å². The molecule has 1 aromatic carbocycles. The van der Waals surface area contributed by atoms with E-state index in [0.29, 0.717) is 0 Å². The summed E-state index contributed by atoms with van der Waals surface area (Å²) in [6, 6.07) is 3.59. The van der Waals surface area contributed by atoms with Crippen LogP contribution in [0.5, 0.6) is 0 Å². The number of carbonyl (C=O) groups excluding carboxylic acids is 3. The van der Waals surface area contributed by atoms with Crippen LogP contribution in [-0.2, 0) is 20.8 Å². The molecule has 0 fully saturated rings. The zero-order valence-electron chi connectivity index (χ0n) is 17.0. The van der Waals surface area contributed by atoms with Crippen molar-refractivity contribution in [2.45, 2.75) is 13.5 Å². The zero-order chi connectivity index (χ0) is 23.6. The molecular formula is C19H16N4O8S. The molecule has 1 amide bonds.